The van der Waals surface area contributed by atoms with Crippen LogP contribution in [0.4, 0.5) is 5.13 Å². The van der Waals surface area contributed by atoms with E-state index in [1.54, 1.807) is 0 Å². The second-order valence-electron chi connectivity index (χ2n) is 7.72. The van der Waals surface area contributed by atoms with Crippen molar-refractivity contribution in [3.8, 4) is 0 Å². The van der Waals surface area contributed by atoms with E-state index in [0.717, 1.165) is 10.2 Å². The lowest BCUT2D eigenvalue weighted by molar-refractivity contribution is -0.119. The topological polar surface area (TPSA) is 115 Å². The molecule has 1 aliphatic heterocycles. The number of thiazole rings is 1. The Kier molecular flexibility index (Phi) is 6.75. The van der Waals surface area contributed by atoms with Crippen molar-refractivity contribution >= 4 is 48.6 Å². The average molecular weight is 490 g/mol. The van der Waals surface area contributed by atoms with E-state index in [1.807, 2.05) is 38.1 Å². The lowest BCUT2D eigenvalue weighted by atomic mass is 10.2. The van der Waals surface area contributed by atoms with E-state index in [-0.39, 0.29) is 35.8 Å². The zero-order chi connectivity index (χ0) is 23.6. The van der Waals surface area contributed by atoms with Crippen LogP contribution in [0.2, 0.25) is 0 Å². The number of carbonyl (C=O) groups excluding carboxylic acids is 2. The number of hydrogen-bond donors (Lipinski definition) is 1. The van der Waals surface area contributed by atoms with Crippen molar-refractivity contribution in [1.82, 2.24) is 9.29 Å². The number of aromatic nitrogens is 1. The highest BCUT2D eigenvalue weighted by Crippen LogP contribution is 2.25. The molecule has 1 fully saturated rings. The first-order chi connectivity index (χ1) is 15.7. The van der Waals surface area contributed by atoms with E-state index in [9.17, 15) is 18.0 Å². The number of nitrogens with one attached hydrogen (secondary N) is 1. The second-order valence-corrected chi connectivity index (χ2v) is 10.7. The summed E-state index contributed by atoms with van der Waals surface area (Å²) >= 11 is 1.31. The Morgan fingerprint density at radius 1 is 1.15 bits per heavy atom. The molecule has 0 saturated carbocycles. The van der Waals surface area contributed by atoms with Gasteiger partial charge in [0.05, 0.1) is 32.9 Å². The highest BCUT2D eigenvalue weighted by atomic mass is 32.2. The van der Waals surface area contributed by atoms with Gasteiger partial charge in [-0.3, -0.25) is 10.1 Å². The van der Waals surface area contributed by atoms with Gasteiger partial charge in [-0.2, -0.15) is 4.31 Å². The molecule has 1 N–H and O–H groups in total. The molecule has 0 spiro atoms. The number of rotatable bonds is 6. The monoisotopic (exact) mass is 489 g/mol. The van der Waals surface area contributed by atoms with Crippen LogP contribution in [0, 0.1) is 0 Å². The Labute approximate surface area is 195 Å². The molecule has 0 radical (unpaired) electrons. The molecule has 11 heteroatoms. The molecule has 1 aliphatic rings. The summed E-state index contributed by atoms with van der Waals surface area (Å²) < 4.78 is 39.0. The maximum atomic E-state index is 13.0. The molecular formula is C22H23N3O6S2. The number of anilines is 1. The van der Waals surface area contributed by atoms with Crippen molar-refractivity contribution in [2.45, 2.75) is 31.0 Å². The number of morpholine rings is 1. The number of hydrogen-bond acceptors (Lipinski definition) is 8. The van der Waals surface area contributed by atoms with E-state index in [1.165, 1.54) is 39.9 Å². The smallest absolute Gasteiger partial charge is 0.338 e. The Hall–Kier alpha value is -2.86. The molecule has 0 aliphatic carbocycles. The third-order valence-electron chi connectivity index (χ3n) is 4.97. The number of sulfonamides is 1. The minimum Gasteiger partial charge on any atom is -0.452 e. The maximum Gasteiger partial charge on any atom is 0.338 e. The van der Waals surface area contributed by atoms with Crippen molar-refractivity contribution in [3.05, 3.63) is 54.1 Å². The first kappa shape index (κ1) is 23.3. The average Bonchev–Trinajstić information content (AvgIpc) is 3.19. The van der Waals surface area contributed by atoms with Gasteiger partial charge in [-0.05, 0) is 44.2 Å². The van der Waals surface area contributed by atoms with Crippen LogP contribution in [0.5, 0.6) is 0 Å². The van der Waals surface area contributed by atoms with Crippen LogP contribution in [0.15, 0.2) is 53.4 Å². The molecule has 33 heavy (non-hydrogen) atoms. The highest BCUT2D eigenvalue weighted by Gasteiger charge is 2.32. The minimum atomic E-state index is -3.81. The Morgan fingerprint density at radius 2 is 1.88 bits per heavy atom. The van der Waals surface area contributed by atoms with Gasteiger partial charge in [0.25, 0.3) is 5.91 Å². The maximum absolute atomic E-state index is 13.0. The van der Waals surface area contributed by atoms with Crippen LogP contribution in [0.1, 0.15) is 24.2 Å². The molecular weight excluding hydrogens is 466 g/mol. The predicted molar refractivity (Wildman–Crippen MR) is 124 cm³/mol. The number of benzene rings is 2. The number of amides is 1. The second kappa shape index (κ2) is 9.56. The predicted octanol–water partition coefficient (Wildman–Crippen LogP) is 2.89. The fourth-order valence-electron chi connectivity index (χ4n) is 3.56. The Morgan fingerprint density at radius 3 is 2.61 bits per heavy atom. The molecule has 1 aromatic heterocycles. The zero-order valence-corrected chi connectivity index (χ0v) is 19.7. The number of nitrogens with zero attached hydrogens (tertiary/aromatic N) is 2. The van der Waals surface area contributed by atoms with Gasteiger partial charge in [-0.15, -0.1) is 0 Å². The van der Waals surface area contributed by atoms with Gasteiger partial charge in [-0.25, -0.2) is 18.2 Å². The quantitative estimate of drug-likeness (QED) is 0.530. The fourth-order valence-corrected chi connectivity index (χ4v) is 6.07. The number of esters is 1. The number of ether oxygens (including phenoxy) is 2. The van der Waals surface area contributed by atoms with Crippen LogP contribution in [0.25, 0.3) is 10.2 Å². The van der Waals surface area contributed by atoms with E-state index in [0.29, 0.717) is 5.13 Å². The summed E-state index contributed by atoms with van der Waals surface area (Å²) in [6.07, 6.45) is -0.462. The summed E-state index contributed by atoms with van der Waals surface area (Å²) in [4.78, 5) is 28.9. The first-order valence-corrected chi connectivity index (χ1v) is 12.6. The van der Waals surface area contributed by atoms with Gasteiger partial charge in [0.2, 0.25) is 10.0 Å². The van der Waals surface area contributed by atoms with Gasteiger partial charge in [-0.1, -0.05) is 29.5 Å². The molecule has 2 aromatic carbocycles. The lowest BCUT2D eigenvalue weighted by Crippen LogP contribution is -2.48. The minimum absolute atomic E-state index is 0.0165. The molecule has 3 aromatic rings. The van der Waals surface area contributed by atoms with E-state index in [2.05, 4.69) is 10.3 Å². The molecule has 4 rings (SSSR count). The fraction of sp³-hybridized carbons (Fsp3) is 0.318. The third kappa shape index (κ3) is 5.38. The molecule has 9 nitrogen and oxygen atoms in total. The van der Waals surface area contributed by atoms with Gasteiger partial charge >= 0.3 is 5.97 Å². The summed E-state index contributed by atoms with van der Waals surface area (Å²) in [7, 11) is -3.81. The summed E-state index contributed by atoms with van der Waals surface area (Å²) in [6.45, 7) is 3.56. The van der Waals surface area contributed by atoms with Crippen LogP contribution < -0.4 is 5.32 Å². The van der Waals surface area contributed by atoms with Crippen molar-refractivity contribution in [3.63, 3.8) is 0 Å². The standard InChI is InChI=1S/C22H23N3O6S2/c1-14-11-25(12-15(2)31-14)33(28,29)17-7-5-6-16(10-17)21(27)30-13-20(26)24-22-23-18-8-3-4-9-19(18)32-22/h3-10,14-15H,11-13H2,1-2H3,(H,23,24,26). The summed E-state index contributed by atoms with van der Waals surface area (Å²) in [5.74, 6) is -1.34. The third-order valence-corrected chi connectivity index (χ3v) is 7.75. The van der Waals surface area contributed by atoms with Crippen molar-refractivity contribution in [2.75, 3.05) is 25.0 Å². The van der Waals surface area contributed by atoms with Crippen molar-refractivity contribution in [1.29, 1.82) is 0 Å². The van der Waals surface area contributed by atoms with Gasteiger partial charge < -0.3 is 9.47 Å². The van der Waals surface area contributed by atoms with Gasteiger partial charge in [0.1, 0.15) is 0 Å². The van der Waals surface area contributed by atoms with E-state index in [4.69, 9.17) is 9.47 Å². The SMILES string of the molecule is CC1CN(S(=O)(=O)c2cccc(C(=O)OCC(=O)Nc3nc4ccccc4s3)c2)CC(C)O1. The zero-order valence-electron chi connectivity index (χ0n) is 18.1. The van der Waals surface area contributed by atoms with E-state index < -0.39 is 28.5 Å². The lowest BCUT2D eigenvalue weighted by Gasteiger charge is -2.34. The molecule has 174 valence electrons. The molecule has 0 bridgehead atoms. The first-order valence-electron chi connectivity index (χ1n) is 10.3. The summed E-state index contributed by atoms with van der Waals surface area (Å²) in [5.41, 5.74) is 0.801. The van der Waals surface area contributed by atoms with Crippen LogP contribution in [0.3, 0.4) is 0 Å². The number of carbonyl (C=O) groups is 2. The van der Waals surface area contributed by atoms with E-state index >= 15 is 0 Å². The highest BCUT2D eigenvalue weighted by molar-refractivity contribution is 7.89. The normalized spacial score (nSPS) is 19.3. The summed E-state index contributed by atoms with van der Waals surface area (Å²) in [6, 6.07) is 13.1. The molecule has 1 amide bonds. The molecule has 2 atom stereocenters. The molecule has 2 unspecified atom stereocenters. The van der Waals surface area contributed by atoms with Crippen LogP contribution >= 0.6 is 11.3 Å². The van der Waals surface area contributed by atoms with Crippen LogP contribution in [-0.4, -0.2) is 61.5 Å². The summed E-state index contributed by atoms with van der Waals surface area (Å²) in [5, 5.41) is 3.00. The number of para-hydroxylation sites is 1. The Bertz CT molecular complexity index is 1250. The number of fused-ring (bicyclic) bond motifs is 1. The molecule has 1 saturated heterocycles. The van der Waals surface area contributed by atoms with Crippen molar-refractivity contribution < 1.29 is 27.5 Å². The van der Waals surface area contributed by atoms with Gasteiger partial charge in [0, 0.05) is 13.1 Å². The largest absolute Gasteiger partial charge is 0.452 e. The van der Waals surface area contributed by atoms with Crippen molar-refractivity contribution in [2.24, 2.45) is 0 Å². The van der Waals surface area contributed by atoms with Gasteiger partial charge in [0.15, 0.2) is 11.7 Å². The molecule has 2 heterocycles. The van der Waals surface area contributed by atoms with Crippen LogP contribution in [-0.2, 0) is 24.3 Å². The Balaban J connectivity index is 1.39.